The zero-order chi connectivity index (χ0) is 23.4. The van der Waals surface area contributed by atoms with Crippen LogP contribution in [0.3, 0.4) is 0 Å². The fourth-order valence-electron chi connectivity index (χ4n) is 4.81. The van der Waals surface area contributed by atoms with Crippen molar-refractivity contribution in [3.05, 3.63) is 0 Å². The van der Waals surface area contributed by atoms with E-state index in [1.54, 1.807) is 0 Å². The first-order valence-electron chi connectivity index (χ1n) is 11.4. The van der Waals surface area contributed by atoms with Gasteiger partial charge in [-0.05, 0) is 37.5 Å². The predicted molar refractivity (Wildman–Crippen MR) is 113 cm³/mol. The molecule has 0 spiro atoms. The standard InChI is InChI=1S/C22H42O7S.2Na/c1-5-9-13-17(14-10-6-2)22(21(25)26,19(20(23)24)30(27,28)29)18(15-11-7-3)16-12-8-4;;/h17-19H,5-16H2,1-4H3,(H,23,24)(H,25,26)(H,27,28,29);;/q;2*+1/p-2. The number of carbonyl (C=O) groups is 2. The Balaban J connectivity index is -0.00000420. The minimum absolute atomic E-state index is 0. The molecule has 32 heavy (non-hydrogen) atoms. The Morgan fingerprint density at radius 2 is 1.03 bits per heavy atom. The molecule has 0 heterocycles. The smallest absolute Gasteiger partial charge is 0.549 e. The van der Waals surface area contributed by atoms with E-state index in [1.165, 1.54) is 0 Å². The Labute approximate surface area is 239 Å². The summed E-state index contributed by atoms with van der Waals surface area (Å²) in [5, 5.41) is 22.3. The molecule has 0 aromatic carbocycles. The van der Waals surface area contributed by atoms with Crippen molar-refractivity contribution in [1.82, 2.24) is 0 Å². The molecule has 0 rings (SSSR count). The fraction of sp³-hybridized carbons (Fsp3) is 0.909. The zero-order valence-corrected chi connectivity index (χ0v) is 25.8. The van der Waals surface area contributed by atoms with E-state index < -0.39 is 44.6 Å². The van der Waals surface area contributed by atoms with E-state index in [1.807, 2.05) is 27.7 Å². The Hall–Kier alpha value is 0.850. The Kier molecular flexibility index (Phi) is 22.3. The predicted octanol–water partition coefficient (Wildman–Crippen LogP) is -3.27. The van der Waals surface area contributed by atoms with Gasteiger partial charge in [0.25, 0.3) is 10.1 Å². The third-order valence-corrected chi connectivity index (χ3v) is 7.45. The van der Waals surface area contributed by atoms with Crippen LogP contribution in [0.5, 0.6) is 0 Å². The van der Waals surface area contributed by atoms with Crippen molar-refractivity contribution in [2.75, 3.05) is 0 Å². The van der Waals surface area contributed by atoms with Gasteiger partial charge < -0.3 is 19.8 Å². The van der Waals surface area contributed by atoms with Gasteiger partial charge in [-0.1, -0.05) is 79.1 Å². The molecule has 10 heteroatoms. The topological polar surface area (TPSA) is 135 Å². The van der Waals surface area contributed by atoms with Crippen molar-refractivity contribution >= 4 is 22.1 Å². The maximum Gasteiger partial charge on any atom is 1.00 e. The molecule has 0 aliphatic rings. The van der Waals surface area contributed by atoms with Crippen LogP contribution in [0.1, 0.15) is 105 Å². The van der Waals surface area contributed by atoms with Gasteiger partial charge in [-0.25, -0.2) is 0 Å². The van der Waals surface area contributed by atoms with Crippen LogP contribution in [-0.2, 0) is 19.7 Å². The molecule has 1 N–H and O–H groups in total. The summed E-state index contributed by atoms with van der Waals surface area (Å²) in [5.74, 6) is -5.27. The first-order valence-corrected chi connectivity index (χ1v) is 12.9. The summed E-state index contributed by atoms with van der Waals surface area (Å²) in [6.07, 6.45) is 6.96. The molecule has 178 valence electrons. The van der Waals surface area contributed by atoms with E-state index in [-0.39, 0.29) is 59.1 Å². The van der Waals surface area contributed by atoms with Crippen LogP contribution in [0.2, 0.25) is 0 Å². The molecule has 1 atom stereocenters. The van der Waals surface area contributed by atoms with Crippen molar-refractivity contribution in [3.63, 3.8) is 0 Å². The number of aliphatic carboxylic acids is 2. The van der Waals surface area contributed by atoms with E-state index in [9.17, 15) is 32.8 Å². The number of hydrogen-bond donors (Lipinski definition) is 1. The SMILES string of the molecule is CCCCC(CCCC)C(C(=O)[O-])(C(CCCC)CCCC)C(C(=O)[O-])S(=O)(=O)O.[Na+].[Na+]. The second-order valence-corrected chi connectivity index (χ2v) is 9.90. The fourth-order valence-corrected chi connectivity index (χ4v) is 6.03. The van der Waals surface area contributed by atoms with Crippen LogP contribution in [-0.4, -0.2) is 30.2 Å². The maximum atomic E-state index is 12.8. The number of hydrogen-bond acceptors (Lipinski definition) is 6. The largest absolute Gasteiger partial charge is 1.00 e. The molecule has 0 aliphatic carbocycles. The van der Waals surface area contributed by atoms with Gasteiger partial charge in [-0.15, -0.1) is 0 Å². The Bertz CT molecular complexity index is 590. The molecule has 0 amide bonds. The molecule has 0 aliphatic heterocycles. The number of carboxylic acids is 2. The first-order chi connectivity index (χ1) is 14.0. The molecule has 0 radical (unpaired) electrons. The van der Waals surface area contributed by atoms with Gasteiger partial charge in [0.05, 0.1) is 5.97 Å². The van der Waals surface area contributed by atoms with Crippen LogP contribution >= 0.6 is 0 Å². The number of rotatable bonds is 18. The molecule has 0 saturated carbocycles. The summed E-state index contributed by atoms with van der Waals surface area (Å²) in [6, 6.07) is 0. The van der Waals surface area contributed by atoms with Crippen molar-refractivity contribution in [1.29, 1.82) is 0 Å². The molecule has 0 fully saturated rings. The minimum atomic E-state index is -5.24. The summed E-state index contributed by atoms with van der Waals surface area (Å²) in [5.41, 5.74) is -2.24. The second kappa shape index (κ2) is 19.1. The number of carbonyl (C=O) groups excluding carboxylic acids is 2. The first kappa shape index (κ1) is 37.4. The number of carboxylic acid groups (broad SMARTS) is 2. The van der Waals surface area contributed by atoms with Gasteiger partial charge in [0.15, 0.2) is 0 Å². The van der Waals surface area contributed by atoms with Crippen molar-refractivity contribution in [2.24, 2.45) is 17.3 Å². The van der Waals surface area contributed by atoms with Gasteiger partial charge in [-0.3, -0.25) is 4.55 Å². The normalized spacial score (nSPS) is 12.8. The second-order valence-electron chi connectivity index (χ2n) is 8.40. The summed E-state index contributed by atoms with van der Waals surface area (Å²) < 4.78 is 34.4. The summed E-state index contributed by atoms with van der Waals surface area (Å²) in [7, 11) is -5.24. The third kappa shape index (κ3) is 10.6. The molecule has 0 aromatic rings. The Morgan fingerprint density at radius 3 is 1.19 bits per heavy atom. The van der Waals surface area contributed by atoms with E-state index >= 15 is 0 Å². The van der Waals surface area contributed by atoms with Crippen LogP contribution in [0.25, 0.3) is 0 Å². The van der Waals surface area contributed by atoms with Crippen molar-refractivity contribution < 1.29 is 91.9 Å². The maximum absolute atomic E-state index is 12.8. The summed E-state index contributed by atoms with van der Waals surface area (Å²) in [4.78, 5) is 24.8. The minimum Gasteiger partial charge on any atom is -0.549 e. The quantitative estimate of drug-likeness (QED) is 0.156. The van der Waals surface area contributed by atoms with Gasteiger partial charge in [-0.2, -0.15) is 8.42 Å². The summed E-state index contributed by atoms with van der Waals surface area (Å²) in [6.45, 7) is 7.73. The van der Waals surface area contributed by atoms with Gasteiger partial charge >= 0.3 is 59.1 Å². The van der Waals surface area contributed by atoms with Crippen LogP contribution < -0.4 is 69.3 Å². The van der Waals surface area contributed by atoms with Crippen molar-refractivity contribution in [2.45, 2.75) is 110 Å². The molecule has 0 bridgehead atoms. The van der Waals surface area contributed by atoms with E-state index in [0.29, 0.717) is 51.4 Å². The van der Waals surface area contributed by atoms with Crippen LogP contribution in [0.4, 0.5) is 0 Å². The van der Waals surface area contributed by atoms with Gasteiger partial charge in [0, 0.05) is 11.4 Å². The van der Waals surface area contributed by atoms with Crippen LogP contribution in [0, 0.1) is 17.3 Å². The molecular weight excluding hydrogens is 454 g/mol. The molecule has 1 unspecified atom stereocenters. The molecule has 0 saturated heterocycles. The van der Waals surface area contributed by atoms with Gasteiger partial charge in [0.2, 0.25) is 0 Å². The van der Waals surface area contributed by atoms with Crippen LogP contribution in [0.15, 0.2) is 0 Å². The Morgan fingerprint density at radius 1 is 0.750 bits per heavy atom. The monoisotopic (exact) mass is 494 g/mol. The van der Waals surface area contributed by atoms with Crippen molar-refractivity contribution in [3.8, 4) is 0 Å². The van der Waals surface area contributed by atoms with Gasteiger partial charge in [0.1, 0.15) is 5.25 Å². The summed E-state index contributed by atoms with van der Waals surface area (Å²) >= 11 is 0. The average molecular weight is 495 g/mol. The molecular formula is C22H40Na2O7S. The zero-order valence-electron chi connectivity index (χ0n) is 21.0. The molecule has 0 aromatic heterocycles. The number of unbranched alkanes of at least 4 members (excludes halogenated alkanes) is 4. The molecule has 7 nitrogen and oxygen atoms in total. The van der Waals surface area contributed by atoms with E-state index in [0.717, 1.165) is 25.7 Å². The third-order valence-electron chi connectivity index (χ3n) is 6.27. The van der Waals surface area contributed by atoms with E-state index in [2.05, 4.69) is 0 Å². The average Bonchev–Trinajstić information content (AvgIpc) is 2.65. The van der Waals surface area contributed by atoms with E-state index in [4.69, 9.17) is 0 Å².